The maximum atomic E-state index is 11.7. The minimum absolute atomic E-state index is 0.268. The SMILES string of the molecule is C[C@H]1CCC[C@H]2C(=O)C=CC[C@]12C. The molecule has 0 radical (unpaired) electrons. The lowest BCUT2D eigenvalue weighted by Gasteiger charge is -2.46. The van der Waals surface area contributed by atoms with Gasteiger partial charge >= 0.3 is 0 Å². The Bertz CT molecular complexity index is 254. The molecule has 0 saturated heterocycles. The summed E-state index contributed by atoms with van der Waals surface area (Å²) in [6, 6.07) is 0. The molecule has 0 amide bonds. The molecule has 2 aliphatic rings. The summed E-state index contributed by atoms with van der Waals surface area (Å²) in [4.78, 5) is 11.7. The number of fused-ring (bicyclic) bond motifs is 1. The van der Waals surface area contributed by atoms with Crippen LogP contribution in [0.1, 0.15) is 39.5 Å². The van der Waals surface area contributed by atoms with Crippen LogP contribution in [-0.2, 0) is 4.79 Å². The first-order chi connectivity index (χ1) is 6.14. The summed E-state index contributed by atoms with van der Waals surface area (Å²) in [7, 11) is 0. The molecule has 0 heterocycles. The van der Waals surface area contributed by atoms with Crippen LogP contribution < -0.4 is 0 Å². The van der Waals surface area contributed by atoms with Crippen molar-refractivity contribution in [2.75, 3.05) is 0 Å². The second kappa shape index (κ2) is 2.97. The third-order valence-electron chi connectivity index (χ3n) is 4.23. The van der Waals surface area contributed by atoms with Crippen molar-refractivity contribution in [2.24, 2.45) is 17.3 Å². The Hall–Kier alpha value is -0.590. The van der Waals surface area contributed by atoms with Crippen LogP contribution in [0.4, 0.5) is 0 Å². The maximum Gasteiger partial charge on any atom is 0.159 e. The summed E-state index contributed by atoms with van der Waals surface area (Å²) in [6.07, 6.45) is 8.62. The van der Waals surface area contributed by atoms with E-state index in [-0.39, 0.29) is 5.41 Å². The number of rotatable bonds is 0. The molecule has 2 rings (SSSR count). The summed E-state index contributed by atoms with van der Waals surface area (Å²) < 4.78 is 0. The predicted octanol–water partition coefficient (Wildman–Crippen LogP) is 2.96. The quantitative estimate of drug-likeness (QED) is 0.557. The first kappa shape index (κ1) is 8.98. The van der Waals surface area contributed by atoms with Crippen molar-refractivity contribution in [3.63, 3.8) is 0 Å². The monoisotopic (exact) mass is 178 g/mol. The van der Waals surface area contributed by atoms with E-state index in [2.05, 4.69) is 19.9 Å². The van der Waals surface area contributed by atoms with Crippen molar-refractivity contribution >= 4 is 5.78 Å². The molecular weight excluding hydrogens is 160 g/mol. The molecule has 0 N–H and O–H groups in total. The Morgan fingerprint density at radius 2 is 2.23 bits per heavy atom. The standard InChI is InChI=1S/C12H18O/c1-9-5-3-6-10-11(13)7-4-8-12(9,10)2/h4,7,9-10H,3,5-6,8H2,1-2H3/t9-,10-,12+/m0/s1. The number of hydrogen-bond acceptors (Lipinski definition) is 1. The average Bonchev–Trinajstić information content (AvgIpc) is 2.08. The zero-order valence-corrected chi connectivity index (χ0v) is 8.55. The van der Waals surface area contributed by atoms with Crippen LogP contribution in [0.15, 0.2) is 12.2 Å². The van der Waals surface area contributed by atoms with Gasteiger partial charge in [-0.15, -0.1) is 0 Å². The molecular formula is C12H18O. The summed E-state index contributed by atoms with van der Waals surface area (Å²) in [6.45, 7) is 4.60. The topological polar surface area (TPSA) is 17.1 Å². The van der Waals surface area contributed by atoms with E-state index < -0.39 is 0 Å². The van der Waals surface area contributed by atoms with Crippen molar-refractivity contribution in [3.8, 4) is 0 Å². The Balaban J connectivity index is 2.32. The summed E-state index contributed by atoms with van der Waals surface area (Å²) in [5.74, 6) is 1.40. The second-order valence-corrected chi connectivity index (χ2v) is 4.90. The van der Waals surface area contributed by atoms with E-state index in [0.29, 0.717) is 17.6 Å². The maximum absolute atomic E-state index is 11.7. The Morgan fingerprint density at radius 3 is 2.92 bits per heavy atom. The van der Waals surface area contributed by atoms with Crippen LogP contribution in [0.3, 0.4) is 0 Å². The predicted molar refractivity (Wildman–Crippen MR) is 53.4 cm³/mol. The molecule has 3 atom stereocenters. The average molecular weight is 178 g/mol. The summed E-state index contributed by atoms with van der Waals surface area (Å²) in [5, 5.41) is 0. The first-order valence-corrected chi connectivity index (χ1v) is 5.35. The third-order valence-corrected chi connectivity index (χ3v) is 4.23. The molecule has 0 unspecified atom stereocenters. The van der Waals surface area contributed by atoms with E-state index >= 15 is 0 Å². The number of allylic oxidation sites excluding steroid dienone is 2. The molecule has 0 aromatic rings. The number of carbonyl (C=O) groups is 1. The van der Waals surface area contributed by atoms with Crippen LogP contribution in [0, 0.1) is 17.3 Å². The van der Waals surface area contributed by atoms with Gasteiger partial charge in [-0.25, -0.2) is 0 Å². The van der Waals surface area contributed by atoms with Crippen molar-refractivity contribution in [1.82, 2.24) is 0 Å². The molecule has 0 bridgehead atoms. The lowest BCUT2D eigenvalue weighted by molar-refractivity contribution is -0.126. The van der Waals surface area contributed by atoms with Crippen LogP contribution in [0.2, 0.25) is 0 Å². The van der Waals surface area contributed by atoms with Gasteiger partial charge in [-0.3, -0.25) is 4.79 Å². The fourth-order valence-corrected chi connectivity index (χ4v) is 2.99. The van der Waals surface area contributed by atoms with Crippen molar-refractivity contribution in [1.29, 1.82) is 0 Å². The van der Waals surface area contributed by atoms with Gasteiger partial charge in [-0.2, -0.15) is 0 Å². The molecule has 13 heavy (non-hydrogen) atoms. The zero-order valence-electron chi connectivity index (χ0n) is 8.55. The molecule has 0 spiro atoms. The van der Waals surface area contributed by atoms with Crippen molar-refractivity contribution in [3.05, 3.63) is 12.2 Å². The van der Waals surface area contributed by atoms with Crippen LogP contribution >= 0.6 is 0 Å². The van der Waals surface area contributed by atoms with Crippen LogP contribution in [0.5, 0.6) is 0 Å². The highest BCUT2D eigenvalue weighted by molar-refractivity contribution is 5.93. The smallest absolute Gasteiger partial charge is 0.159 e. The number of hydrogen-bond donors (Lipinski definition) is 0. The molecule has 1 saturated carbocycles. The Kier molecular flexibility index (Phi) is 2.05. The highest BCUT2D eigenvalue weighted by Crippen LogP contribution is 2.49. The molecule has 1 nitrogen and oxygen atoms in total. The largest absolute Gasteiger partial charge is 0.295 e. The van der Waals surface area contributed by atoms with Crippen molar-refractivity contribution < 1.29 is 4.79 Å². The first-order valence-electron chi connectivity index (χ1n) is 5.35. The van der Waals surface area contributed by atoms with E-state index in [9.17, 15) is 4.79 Å². The minimum atomic E-state index is 0.268. The zero-order chi connectivity index (χ0) is 9.47. The van der Waals surface area contributed by atoms with Gasteiger partial charge in [0.25, 0.3) is 0 Å². The fourth-order valence-electron chi connectivity index (χ4n) is 2.99. The highest BCUT2D eigenvalue weighted by atomic mass is 16.1. The fraction of sp³-hybridized carbons (Fsp3) is 0.750. The molecule has 1 heteroatoms. The number of ketones is 1. The van der Waals surface area contributed by atoms with Gasteiger partial charge in [0.1, 0.15) is 0 Å². The van der Waals surface area contributed by atoms with E-state index in [1.165, 1.54) is 12.8 Å². The third kappa shape index (κ3) is 1.25. The lowest BCUT2D eigenvalue weighted by Crippen LogP contribution is -2.42. The highest BCUT2D eigenvalue weighted by Gasteiger charge is 2.45. The molecule has 0 aromatic carbocycles. The van der Waals surface area contributed by atoms with Crippen LogP contribution in [-0.4, -0.2) is 5.78 Å². The lowest BCUT2D eigenvalue weighted by atomic mass is 9.57. The minimum Gasteiger partial charge on any atom is -0.295 e. The molecule has 0 aliphatic heterocycles. The summed E-state index contributed by atoms with van der Waals surface area (Å²) >= 11 is 0. The molecule has 1 fully saturated rings. The van der Waals surface area contributed by atoms with Crippen molar-refractivity contribution in [2.45, 2.75) is 39.5 Å². The van der Waals surface area contributed by atoms with E-state index in [4.69, 9.17) is 0 Å². The van der Waals surface area contributed by atoms with E-state index in [0.717, 1.165) is 12.8 Å². The van der Waals surface area contributed by atoms with Gasteiger partial charge in [0.05, 0.1) is 0 Å². The second-order valence-electron chi connectivity index (χ2n) is 4.90. The van der Waals surface area contributed by atoms with E-state index in [1.807, 2.05) is 0 Å². The van der Waals surface area contributed by atoms with Gasteiger partial charge in [0.2, 0.25) is 0 Å². The Morgan fingerprint density at radius 1 is 1.46 bits per heavy atom. The number of carbonyl (C=O) groups excluding carboxylic acids is 1. The van der Waals surface area contributed by atoms with E-state index in [1.54, 1.807) is 6.08 Å². The molecule has 2 aliphatic carbocycles. The van der Waals surface area contributed by atoms with Gasteiger partial charge in [0.15, 0.2) is 5.78 Å². The van der Waals surface area contributed by atoms with Crippen LogP contribution in [0.25, 0.3) is 0 Å². The summed E-state index contributed by atoms with van der Waals surface area (Å²) in [5.41, 5.74) is 0.268. The van der Waals surface area contributed by atoms with Gasteiger partial charge in [-0.1, -0.05) is 32.8 Å². The van der Waals surface area contributed by atoms with Gasteiger partial charge < -0.3 is 0 Å². The van der Waals surface area contributed by atoms with Gasteiger partial charge in [-0.05, 0) is 30.3 Å². The normalized spacial score (nSPS) is 44.6. The van der Waals surface area contributed by atoms with Gasteiger partial charge in [0, 0.05) is 5.92 Å². The molecule has 0 aromatic heterocycles. The molecule has 72 valence electrons. The Labute approximate surface area is 80.2 Å².